The minimum atomic E-state index is -0.198. The molecule has 2 rings (SSSR count). The summed E-state index contributed by atoms with van der Waals surface area (Å²) in [7, 11) is 0. The van der Waals surface area contributed by atoms with Crippen LogP contribution in [0.4, 0.5) is 4.39 Å². The van der Waals surface area contributed by atoms with E-state index in [1.165, 1.54) is 17.7 Å². The van der Waals surface area contributed by atoms with E-state index in [9.17, 15) is 4.39 Å². The molecule has 0 bridgehead atoms. The van der Waals surface area contributed by atoms with Crippen molar-refractivity contribution in [3.63, 3.8) is 0 Å². The molecule has 2 aromatic carbocycles. The molecule has 1 unspecified atom stereocenters. The van der Waals surface area contributed by atoms with Crippen molar-refractivity contribution >= 4 is 0 Å². The minimum absolute atomic E-state index is 0.198. The molecule has 0 aliphatic carbocycles. The summed E-state index contributed by atoms with van der Waals surface area (Å²) in [4.78, 5) is 0. The van der Waals surface area contributed by atoms with Gasteiger partial charge in [0.2, 0.25) is 0 Å². The third-order valence-corrected chi connectivity index (χ3v) is 3.10. The van der Waals surface area contributed by atoms with Gasteiger partial charge in [-0.25, -0.2) is 4.39 Å². The lowest BCUT2D eigenvalue weighted by molar-refractivity contribution is 0.598. The number of nitrogens with one attached hydrogen (secondary N) is 1. The summed E-state index contributed by atoms with van der Waals surface area (Å²) >= 11 is 0. The lowest BCUT2D eigenvalue weighted by atomic mass is 10.0. The molecule has 1 N–H and O–H groups in total. The number of halogens is 1. The van der Waals surface area contributed by atoms with Crippen LogP contribution < -0.4 is 5.32 Å². The predicted octanol–water partition coefficient (Wildman–Crippen LogP) is 4.16. The SMILES string of the molecule is CCNC(C)c1ccc(-c2ccc(F)cc2)cc1. The lowest BCUT2D eigenvalue weighted by Gasteiger charge is -2.13. The van der Waals surface area contributed by atoms with Crippen LogP contribution in [0.15, 0.2) is 48.5 Å². The number of hydrogen-bond donors (Lipinski definition) is 1. The summed E-state index contributed by atoms with van der Waals surface area (Å²) < 4.78 is 12.8. The smallest absolute Gasteiger partial charge is 0.123 e. The molecule has 2 heteroatoms. The maximum absolute atomic E-state index is 12.8. The van der Waals surface area contributed by atoms with Gasteiger partial charge in [-0.15, -0.1) is 0 Å². The number of rotatable bonds is 4. The molecule has 0 saturated heterocycles. The Balaban J connectivity index is 2.19. The van der Waals surface area contributed by atoms with Gasteiger partial charge in [0.1, 0.15) is 5.82 Å². The van der Waals surface area contributed by atoms with Gasteiger partial charge >= 0.3 is 0 Å². The van der Waals surface area contributed by atoms with Crippen molar-refractivity contribution in [3.8, 4) is 11.1 Å². The first kappa shape index (κ1) is 12.8. The van der Waals surface area contributed by atoms with E-state index in [0.29, 0.717) is 6.04 Å². The first-order chi connectivity index (χ1) is 8.70. The van der Waals surface area contributed by atoms with Crippen LogP contribution in [0.5, 0.6) is 0 Å². The zero-order chi connectivity index (χ0) is 13.0. The van der Waals surface area contributed by atoms with Gasteiger partial charge in [0, 0.05) is 6.04 Å². The van der Waals surface area contributed by atoms with Crippen LogP contribution in [0.25, 0.3) is 11.1 Å². The molecule has 0 saturated carbocycles. The van der Waals surface area contributed by atoms with E-state index in [0.717, 1.165) is 17.7 Å². The monoisotopic (exact) mass is 243 g/mol. The average molecular weight is 243 g/mol. The maximum Gasteiger partial charge on any atom is 0.123 e. The Bertz CT molecular complexity index is 488. The molecule has 0 aromatic heterocycles. The minimum Gasteiger partial charge on any atom is -0.310 e. The molecule has 18 heavy (non-hydrogen) atoms. The molecule has 0 fully saturated rings. The molecule has 0 amide bonds. The molecule has 0 aliphatic rings. The van der Waals surface area contributed by atoms with Crippen molar-refractivity contribution in [2.75, 3.05) is 6.54 Å². The maximum atomic E-state index is 12.8. The summed E-state index contributed by atoms with van der Waals surface area (Å²) in [6.07, 6.45) is 0. The normalized spacial score (nSPS) is 12.4. The highest BCUT2D eigenvalue weighted by molar-refractivity contribution is 5.63. The van der Waals surface area contributed by atoms with E-state index in [4.69, 9.17) is 0 Å². The molecule has 0 heterocycles. The van der Waals surface area contributed by atoms with Gasteiger partial charge in [-0.2, -0.15) is 0 Å². The van der Waals surface area contributed by atoms with Crippen LogP contribution in [0, 0.1) is 5.82 Å². The highest BCUT2D eigenvalue weighted by Gasteiger charge is 2.04. The Labute approximate surface area is 108 Å². The average Bonchev–Trinajstić information content (AvgIpc) is 2.40. The largest absolute Gasteiger partial charge is 0.310 e. The summed E-state index contributed by atoms with van der Waals surface area (Å²) in [5, 5.41) is 3.38. The standard InChI is InChI=1S/C16H18FN/c1-3-18-12(2)13-4-6-14(7-5-13)15-8-10-16(17)11-9-15/h4-12,18H,3H2,1-2H3. The quantitative estimate of drug-likeness (QED) is 0.850. The topological polar surface area (TPSA) is 12.0 Å². The van der Waals surface area contributed by atoms with Crippen molar-refractivity contribution in [1.82, 2.24) is 5.32 Å². The van der Waals surface area contributed by atoms with Crippen LogP contribution in [-0.4, -0.2) is 6.54 Å². The fourth-order valence-electron chi connectivity index (χ4n) is 2.03. The van der Waals surface area contributed by atoms with E-state index in [1.54, 1.807) is 12.1 Å². The summed E-state index contributed by atoms with van der Waals surface area (Å²) in [6.45, 7) is 5.21. The molecular formula is C16H18FN. The highest BCUT2D eigenvalue weighted by Crippen LogP contribution is 2.22. The third kappa shape index (κ3) is 2.96. The molecule has 1 atom stereocenters. The Hall–Kier alpha value is -1.67. The first-order valence-electron chi connectivity index (χ1n) is 6.30. The molecule has 0 radical (unpaired) electrons. The highest BCUT2D eigenvalue weighted by atomic mass is 19.1. The molecule has 94 valence electrons. The second kappa shape index (κ2) is 5.78. The Kier molecular flexibility index (Phi) is 4.11. The molecule has 1 nitrogen and oxygen atoms in total. The van der Waals surface area contributed by atoms with Crippen molar-refractivity contribution < 1.29 is 4.39 Å². The van der Waals surface area contributed by atoms with E-state index in [-0.39, 0.29) is 5.82 Å². The number of benzene rings is 2. The van der Waals surface area contributed by atoms with Crippen molar-refractivity contribution in [2.45, 2.75) is 19.9 Å². The molecule has 0 aliphatic heterocycles. The van der Waals surface area contributed by atoms with Crippen molar-refractivity contribution in [3.05, 3.63) is 59.9 Å². The molecular weight excluding hydrogens is 225 g/mol. The summed E-state index contributed by atoms with van der Waals surface area (Å²) in [6, 6.07) is 15.3. The predicted molar refractivity (Wildman–Crippen MR) is 73.9 cm³/mol. The van der Waals surface area contributed by atoms with Gasteiger partial charge in [-0.1, -0.05) is 43.3 Å². The van der Waals surface area contributed by atoms with E-state index in [1.807, 2.05) is 0 Å². The van der Waals surface area contributed by atoms with Crippen molar-refractivity contribution in [1.29, 1.82) is 0 Å². The Morgan fingerprint density at radius 3 is 1.94 bits per heavy atom. The van der Waals surface area contributed by atoms with Gasteiger partial charge in [-0.3, -0.25) is 0 Å². The summed E-state index contributed by atoms with van der Waals surface area (Å²) in [5.41, 5.74) is 3.42. The van der Waals surface area contributed by atoms with Crippen LogP contribution >= 0.6 is 0 Å². The van der Waals surface area contributed by atoms with Gasteiger partial charge in [0.05, 0.1) is 0 Å². The molecule has 0 spiro atoms. The van der Waals surface area contributed by atoms with Crippen LogP contribution in [0.3, 0.4) is 0 Å². The van der Waals surface area contributed by atoms with Gasteiger partial charge < -0.3 is 5.32 Å². The zero-order valence-electron chi connectivity index (χ0n) is 10.8. The zero-order valence-corrected chi connectivity index (χ0v) is 10.8. The van der Waals surface area contributed by atoms with Crippen molar-refractivity contribution in [2.24, 2.45) is 0 Å². The summed E-state index contributed by atoms with van der Waals surface area (Å²) in [5.74, 6) is -0.198. The Morgan fingerprint density at radius 2 is 1.44 bits per heavy atom. The second-order valence-electron chi connectivity index (χ2n) is 4.41. The molecule has 2 aromatic rings. The lowest BCUT2D eigenvalue weighted by Crippen LogP contribution is -2.17. The second-order valence-corrected chi connectivity index (χ2v) is 4.41. The van der Waals surface area contributed by atoms with E-state index in [2.05, 4.69) is 43.4 Å². The van der Waals surface area contributed by atoms with Gasteiger partial charge in [0.15, 0.2) is 0 Å². The third-order valence-electron chi connectivity index (χ3n) is 3.10. The fraction of sp³-hybridized carbons (Fsp3) is 0.250. The van der Waals surface area contributed by atoms with Crippen LogP contribution in [0.2, 0.25) is 0 Å². The fourth-order valence-corrected chi connectivity index (χ4v) is 2.03. The van der Waals surface area contributed by atoms with Crippen LogP contribution in [-0.2, 0) is 0 Å². The first-order valence-corrected chi connectivity index (χ1v) is 6.30. The number of hydrogen-bond acceptors (Lipinski definition) is 1. The van der Waals surface area contributed by atoms with E-state index < -0.39 is 0 Å². The van der Waals surface area contributed by atoms with Gasteiger partial charge in [-0.05, 0) is 42.3 Å². The Morgan fingerprint density at radius 1 is 0.944 bits per heavy atom. The van der Waals surface area contributed by atoms with E-state index >= 15 is 0 Å². The van der Waals surface area contributed by atoms with Gasteiger partial charge in [0.25, 0.3) is 0 Å². The van der Waals surface area contributed by atoms with Crippen LogP contribution in [0.1, 0.15) is 25.5 Å².